The van der Waals surface area contributed by atoms with Crippen LogP contribution in [-0.4, -0.2) is 36.7 Å². The maximum atomic E-state index is 11.8. The van der Waals surface area contributed by atoms with Crippen LogP contribution in [0.5, 0.6) is 0 Å². The third-order valence-corrected chi connectivity index (χ3v) is 3.56. The van der Waals surface area contributed by atoms with Gasteiger partial charge in [0.05, 0.1) is 18.9 Å². The number of hydrogen-bond donors (Lipinski definition) is 2. The van der Waals surface area contributed by atoms with Crippen molar-refractivity contribution in [3.05, 3.63) is 22.3 Å². The first kappa shape index (κ1) is 13.5. The topological polar surface area (TPSA) is 63.2 Å². The SMILES string of the molecule is Cc1nc(NC(=O)CC2COCCN2)ccc1Br. The summed E-state index contributed by atoms with van der Waals surface area (Å²) >= 11 is 3.37. The van der Waals surface area contributed by atoms with Gasteiger partial charge in [0.1, 0.15) is 5.82 Å². The van der Waals surface area contributed by atoms with Crippen molar-refractivity contribution in [2.45, 2.75) is 19.4 Å². The van der Waals surface area contributed by atoms with Crippen molar-refractivity contribution in [2.75, 3.05) is 25.1 Å². The van der Waals surface area contributed by atoms with Crippen LogP contribution in [-0.2, 0) is 9.53 Å². The van der Waals surface area contributed by atoms with Gasteiger partial charge in [0, 0.05) is 23.5 Å². The van der Waals surface area contributed by atoms with E-state index in [-0.39, 0.29) is 11.9 Å². The second kappa shape index (κ2) is 6.26. The second-order valence-electron chi connectivity index (χ2n) is 4.24. The number of carbonyl (C=O) groups is 1. The van der Waals surface area contributed by atoms with Crippen molar-refractivity contribution in [1.29, 1.82) is 0 Å². The van der Waals surface area contributed by atoms with Gasteiger partial charge in [-0.2, -0.15) is 0 Å². The molecule has 1 fully saturated rings. The van der Waals surface area contributed by atoms with Crippen molar-refractivity contribution < 1.29 is 9.53 Å². The zero-order valence-electron chi connectivity index (χ0n) is 10.2. The number of aryl methyl sites for hydroxylation is 1. The molecule has 5 nitrogen and oxygen atoms in total. The molecule has 0 aliphatic carbocycles. The Bertz CT molecular complexity index is 433. The molecule has 1 aliphatic heterocycles. The van der Waals surface area contributed by atoms with Gasteiger partial charge in [0.15, 0.2) is 0 Å². The fourth-order valence-electron chi connectivity index (χ4n) is 1.78. The quantitative estimate of drug-likeness (QED) is 0.887. The number of nitrogens with zero attached hydrogens (tertiary/aromatic N) is 1. The van der Waals surface area contributed by atoms with E-state index >= 15 is 0 Å². The number of hydrogen-bond acceptors (Lipinski definition) is 4. The van der Waals surface area contributed by atoms with Crippen LogP contribution < -0.4 is 10.6 Å². The number of rotatable bonds is 3. The summed E-state index contributed by atoms with van der Waals surface area (Å²) in [4.78, 5) is 16.1. The lowest BCUT2D eigenvalue weighted by molar-refractivity contribution is -0.117. The van der Waals surface area contributed by atoms with E-state index < -0.39 is 0 Å². The number of carbonyl (C=O) groups excluding carboxylic acids is 1. The minimum atomic E-state index is -0.0489. The Morgan fingerprint density at radius 3 is 3.17 bits per heavy atom. The predicted octanol–water partition coefficient (Wildman–Crippen LogP) is 1.47. The largest absolute Gasteiger partial charge is 0.378 e. The number of nitrogens with one attached hydrogen (secondary N) is 2. The molecule has 1 atom stereocenters. The first-order chi connectivity index (χ1) is 8.65. The third kappa shape index (κ3) is 3.76. The van der Waals surface area contributed by atoms with E-state index in [0.29, 0.717) is 25.5 Å². The lowest BCUT2D eigenvalue weighted by Crippen LogP contribution is -2.43. The first-order valence-corrected chi connectivity index (χ1v) is 6.68. The molecule has 0 saturated carbocycles. The number of ether oxygens (including phenoxy) is 1. The van der Waals surface area contributed by atoms with Crippen molar-refractivity contribution in [3.8, 4) is 0 Å². The van der Waals surface area contributed by atoms with E-state index in [1.807, 2.05) is 13.0 Å². The minimum absolute atomic E-state index is 0.0489. The number of amides is 1. The van der Waals surface area contributed by atoms with E-state index in [1.165, 1.54) is 0 Å². The lowest BCUT2D eigenvalue weighted by Gasteiger charge is -2.23. The number of anilines is 1. The molecule has 1 amide bonds. The standard InChI is InChI=1S/C12H16BrN3O2/c1-8-10(13)2-3-11(15-8)16-12(17)6-9-7-18-5-4-14-9/h2-3,9,14H,4-7H2,1H3,(H,15,16,17). The van der Waals surface area contributed by atoms with Gasteiger partial charge in [0.25, 0.3) is 0 Å². The van der Waals surface area contributed by atoms with Crippen LogP contribution in [0, 0.1) is 6.92 Å². The molecule has 0 spiro atoms. The highest BCUT2D eigenvalue weighted by atomic mass is 79.9. The zero-order valence-corrected chi connectivity index (χ0v) is 11.8. The molecule has 18 heavy (non-hydrogen) atoms. The Kier molecular flexibility index (Phi) is 4.68. The number of morpholine rings is 1. The molecule has 2 N–H and O–H groups in total. The zero-order chi connectivity index (χ0) is 13.0. The molecule has 2 heterocycles. The lowest BCUT2D eigenvalue weighted by atomic mass is 10.2. The fraction of sp³-hybridized carbons (Fsp3) is 0.500. The summed E-state index contributed by atoms with van der Waals surface area (Å²) in [6.07, 6.45) is 0.400. The molecule has 1 aromatic heterocycles. The molecule has 1 aromatic rings. The molecule has 1 aliphatic rings. The van der Waals surface area contributed by atoms with Gasteiger partial charge in [-0.25, -0.2) is 4.98 Å². The van der Waals surface area contributed by atoms with Gasteiger partial charge in [-0.15, -0.1) is 0 Å². The average molecular weight is 314 g/mol. The predicted molar refractivity (Wildman–Crippen MR) is 72.5 cm³/mol. The number of pyridine rings is 1. The fourth-order valence-corrected chi connectivity index (χ4v) is 2.00. The highest BCUT2D eigenvalue weighted by molar-refractivity contribution is 9.10. The number of halogens is 1. The summed E-state index contributed by atoms with van der Waals surface area (Å²) in [5, 5.41) is 6.03. The Morgan fingerprint density at radius 2 is 2.50 bits per heavy atom. The van der Waals surface area contributed by atoms with Gasteiger partial charge in [0.2, 0.25) is 5.91 Å². The van der Waals surface area contributed by atoms with Gasteiger partial charge in [-0.05, 0) is 35.0 Å². The average Bonchev–Trinajstić information content (AvgIpc) is 2.35. The molecule has 6 heteroatoms. The van der Waals surface area contributed by atoms with Crippen LogP contribution in [0.4, 0.5) is 5.82 Å². The molecule has 0 aromatic carbocycles. The van der Waals surface area contributed by atoms with E-state index in [0.717, 1.165) is 16.7 Å². The van der Waals surface area contributed by atoms with Crippen LogP contribution >= 0.6 is 15.9 Å². The summed E-state index contributed by atoms with van der Waals surface area (Å²) in [7, 11) is 0. The van der Waals surface area contributed by atoms with E-state index in [4.69, 9.17) is 4.74 Å². The van der Waals surface area contributed by atoms with Crippen molar-refractivity contribution in [3.63, 3.8) is 0 Å². The van der Waals surface area contributed by atoms with Crippen molar-refractivity contribution in [2.24, 2.45) is 0 Å². The summed E-state index contributed by atoms with van der Waals surface area (Å²) in [5.74, 6) is 0.532. The van der Waals surface area contributed by atoms with Crippen LogP contribution in [0.25, 0.3) is 0 Å². The molecule has 1 unspecified atom stereocenters. The Balaban J connectivity index is 1.88. The molecule has 2 rings (SSSR count). The Labute approximate surface area is 114 Å². The maximum absolute atomic E-state index is 11.8. The minimum Gasteiger partial charge on any atom is -0.378 e. The molecule has 1 saturated heterocycles. The molecule has 98 valence electrons. The molecular formula is C12H16BrN3O2. The van der Waals surface area contributed by atoms with E-state index in [1.54, 1.807) is 6.07 Å². The summed E-state index contributed by atoms with van der Waals surface area (Å²) in [6, 6.07) is 3.75. The summed E-state index contributed by atoms with van der Waals surface area (Å²) in [5.41, 5.74) is 0.854. The normalized spacial score (nSPS) is 19.6. The molecule has 0 radical (unpaired) electrons. The molecule has 0 bridgehead atoms. The van der Waals surface area contributed by atoms with Gasteiger partial charge < -0.3 is 15.4 Å². The van der Waals surface area contributed by atoms with Gasteiger partial charge in [-0.3, -0.25) is 4.79 Å². The van der Waals surface area contributed by atoms with Crippen molar-refractivity contribution >= 4 is 27.7 Å². The third-order valence-electron chi connectivity index (χ3n) is 2.72. The highest BCUT2D eigenvalue weighted by Gasteiger charge is 2.17. The van der Waals surface area contributed by atoms with E-state index in [9.17, 15) is 4.79 Å². The Morgan fingerprint density at radius 1 is 1.67 bits per heavy atom. The van der Waals surface area contributed by atoms with Crippen LogP contribution in [0.2, 0.25) is 0 Å². The summed E-state index contributed by atoms with van der Waals surface area (Å²) in [6.45, 7) is 3.98. The van der Waals surface area contributed by atoms with Crippen LogP contribution in [0.1, 0.15) is 12.1 Å². The maximum Gasteiger partial charge on any atom is 0.227 e. The number of aromatic nitrogens is 1. The highest BCUT2D eigenvalue weighted by Crippen LogP contribution is 2.16. The monoisotopic (exact) mass is 313 g/mol. The van der Waals surface area contributed by atoms with Crippen LogP contribution in [0.15, 0.2) is 16.6 Å². The van der Waals surface area contributed by atoms with Gasteiger partial charge >= 0.3 is 0 Å². The van der Waals surface area contributed by atoms with Gasteiger partial charge in [-0.1, -0.05) is 0 Å². The first-order valence-electron chi connectivity index (χ1n) is 5.89. The van der Waals surface area contributed by atoms with Crippen molar-refractivity contribution in [1.82, 2.24) is 10.3 Å². The van der Waals surface area contributed by atoms with E-state index in [2.05, 4.69) is 31.5 Å². The van der Waals surface area contributed by atoms with Crippen LogP contribution in [0.3, 0.4) is 0 Å². The Hall–Kier alpha value is -0.980. The smallest absolute Gasteiger partial charge is 0.227 e. The summed E-state index contributed by atoms with van der Waals surface area (Å²) < 4.78 is 6.24. The second-order valence-corrected chi connectivity index (χ2v) is 5.10. The molecular weight excluding hydrogens is 298 g/mol.